The van der Waals surface area contributed by atoms with Crippen LogP contribution in [0.1, 0.15) is 33.1 Å². The minimum Gasteiger partial charge on any atom is -0.480 e. The van der Waals surface area contributed by atoms with Crippen LogP contribution in [0.3, 0.4) is 0 Å². The molecule has 0 aromatic rings. The first-order chi connectivity index (χ1) is 8.95. The van der Waals surface area contributed by atoms with Crippen molar-refractivity contribution >= 4 is 12.0 Å². The highest BCUT2D eigenvalue weighted by Gasteiger charge is 2.45. The van der Waals surface area contributed by atoms with E-state index in [4.69, 9.17) is 4.74 Å². The molecule has 2 atom stereocenters. The fourth-order valence-corrected chi connectivity index (χ4v) is 2.81. The Kier molecular flexibility index (Phi) is 3.99. The molecule has 2 saturated heterocycles. The van der Waals surface area contributed by atoms with Crippen molar-refractivity contribution in [1.29, 1.82) is 0 Å². The third-order valence-corrected chi connectivity index (χ3v) is 4.09. The summed E-state index contributed by atoms with van der Waals surface area (Å²) in [7, 11) is 0. The Hall–Kier alpha value is -1.30. The van der Waals surface area contributed by atoms with E-state index in [2.05, 4.69) is 0 Å². The molecule has 2 aliphatic heterocycles. The summed E-state index contributed by atoms with van der Waals surface area (Å²) in [6.07, 6.45) is 2.26. The van der Waals surface area contributed by atoms with E-state index in [1.807, 2.05) is 6.92 Å². The standard InChI is InChI=1S/C13H22N2O4/c1-10-9-14(7-8-19-10)12(18)15-6-4-3-5-13(15,2)11(16)17/h10H,3-9H2,1-2H3,(H,16,17). The van der Waals surface area contributed by atoms with Crippen molar-refractivity contribution in [3.63, 3.8) is 0 Å². The Labute approximate surface area is 113 Å². The van der Waals surface area contributed by atoms with Gasteiger partial charge in [0.05, 0.1) is 12.7 Å². The van der Waals surface area contributed by atoms with E-state index >= 15 is 0 Å². The number of urea groups is 1. The van der Waals surface area contributed by atoms with Crippen LogP contribution >= 0.6 is 0 Å². The van der Waals surface area contributed by atoms with Crippen molar-refractivity contribution < 1.29 is 19.4 Å². The lowest BCUT2D eigenvalue weighted by molar-refractivity contribution is -0.151. The first-order valence-corrected chi connectivity index (χ1v) is 6.86. The summed E-state index contributed by atoms with van der Waals surface area (Å²) < 4.78 is 5.42. The number of amides is 2. The van der Waals surface area contributed by atoms with E-state index in [9.17, 15) is 14.7 Å². The monoisotopic (exact) mass is 270 g/mol. The normalized spacial score (nSPS) is 32.2. The van der Waals surface area contributed by atoms with Gasteiger partial charge in [0.25, 0.3) is 0 Å². The summed E-state index contributed by atoms with van der Waals surface area (Å²) in [6, 6.07) is -0.167. The highest BCUT2D eigenvalue weighted by molar-refractivity contribution is 5.86. The van der Waals surface area contributed by atoms with Gasteiger partial charge in [0.2, 0.25) is 0 Å². The Morgan fingerprint density at radius 1 is 1.32 bits per heavy atom. The van der Waals surface area contributed by atoms with Crippen LogP contribution in [0.15, 0.2) is 0 Å². The lowest BCUT2D eigenvalue weighted by Gasteiger charge is -2.45. The van der Waals surface area contributed by atoms with Gasteiger partial charge in [0.1, 0.15) is 5.54 Å². The maximum Gasteiger partial charge on any atom is 0.329 e. The van der Waals surface area contributed by atoms with Crippen LogP contribution in [0.25, 0.3) is 0 Å². The van der Waals surface area contributed by atoms with Crippen LogP contribution in [0.4, 0.5) is 4.79 Å². The molecule has 2 fully saturated rings. The minimum atomic E-state index is -1.07. The van der Waals surface area contributed by atoms with Gasteiger partial charge in [-0.2, -0.15) is 0 Å². The van der Waals surface area contributed by atoms with Crippen molar-refractivity contribution in [1.82, 2.24) is 9.80 Å². The predicted octanol–water partition coefficient (Wildman–Crippen LogP) is 1.16. The maximum atomic E-state index is 12.6. The number of likely N-dealkylation sites (tertiary alicyclic amines) is 1. The molecule has 2 amide bonds. The SMILES string of the molecule is CC1CN(C(=O)N2CCCCC2(C)C(=O)O)CCO1. The number of aliphatic carboxylic acids is 1. The predicted molar refractivity (Wildman–Crippen MR) is 69.0 cm³/mol. The van der Waals surface area contributed by atoms with Crippen LogP contribution in [0.2, 0.25) is 0 Å². The van der Waals surface area contributed by atoms with Gasteiger partial charge in [0, 0.05) is 19.6 Å². The molecule has 108 valence electrons. The van der Waals surface area contributed by atoms with Crippen molar-refractivity contribution in [2.24, 2.45) is 0 Å². The van der Waals surface area contributed by atoms with Gasteiger partial charge in [-0.25, -0.2) is 9.59 Å². The molecule has 0 aromatic carbocycles. The second-order valence-corrected chi connectivity index (χ2v) is 5.60. The molecular formula is C13H22N2O4. The number of hydrogen-bond donors (Lipinski definition) is 1. The lowest BCUT2D eigenvalue weighted by Crippen LogP contribution is -2.62. The number of carboxylic acids is 1. The van der Waals surface area contributed by atoms with Crippen molar-refractivity contribution in [2.45, 2.75) is 44.8 Å². The molecule has 2 heterocycles. The number of carbonyl (C=O) groups is 2. The maximum absolute atomic E-state index is 12.6. The van der Waals surface area contributed by atoms with E-state index in [1.54, 1.807) is 11.8 Å². The molecule has 19 heavy (non-hydrogen) atoms. The highest BCUT2D eigenvalue weighted by Crippen LogP contribution is 2.29. The largest absolute Gasteiger partial charge is 0.480 e. The Morgan fingerprint density at radius 2 is 2.05 bits per heavy atom. The molecule has 6 nitrogen and oxygen atoms in total. The highest BCUT2D eigenvalue weighted by atomic mass is 16.5. The summed E-state index contributed by atoms with van der Waals surface area (Å²) in [5.41, 5.74) is -1.07. The second kappa shape index (κ2) is 5.36. The second-order valence-electron chi connectivity index (χ2n) is 5.60. The Balaban J connectivity index is 2.13. The number of morpholine rings is 1. The molecule has 2 unspecified atom stereocenters. The molecule has 6 heteroatoms. The molecule has 0 aliphatic carbocycles. The average Bonchev–Trinajstić information content (AvgIpc) is 2.38. The van der Waals surface area contributed by atoms with Gasteiger partial charge in [0.15, 0.2) is 0 Å². The van der Waals surface area contributed by atoms with Gasteiger partial charge >= 0.3 is 12.0 Å². The zero-order valence-electron chi connectivity index (χ0n) is 11.6. The fourth-order valence-electron chi connectivity index (χ4n) is 2.81. The number of rotatable bonds is 1. The summed E-state index contributed by atoms with van der Waals surface area (Å²) >= 11 is 0. The third kappa shape index (κ3) is 2.68. The average molecular weight is 270 g/mol. The zero-order chi connectivity index (χ0) is 14.0. The Bertz CT molecular complexity index is 374. The number of carbonyl (C=O) groups excluding carboxylic acids is 1. The molecule has 0 radical (unpaired) electrons. The molecular weight excluding hydrogens is 248 g/mol. The number of hydrogen-bond acceptors (Lipinski definition) is 3. The zero-order valence-corrected chi connectivity index (χ0v) is 11.6. The van der Waals surface area contributed by atoms with Gasteiger partial charge in [-0.05, 0) is 33.1 Å². The van der Waals surface area contributed by atoms with E-state index in [0.717, 1.165) is 12.8 Å². The number of piperidine rings is 1. The van der Waals surface area contributed by atoms with Crippen molar-refractivity contribution in [3.05, 3.63) is 0 Å². The topological polar surface area (TPSA) is 70.1 Å². The minimum absolute atomic E-state index is 0.0126. The number of nitrogens with zero attached hydrogens (tertiary/aromatic N) is 2. The third-order valence-electron chi connectivity index (χ3n) is 4.09. The summed E-state index contributed by atoms with van der Waals surface area (Å²) in [4.78, 5) is 27.3. The van der Waals surface area contributed by atoms with Crippen molar-refractivity contribution in [2.75, 3.05) is 26.2 Å². The van der Waals surface area contributed by atoms with Crippen LogP contribution < -0.4 is 0 Å². The number of carboxylic acid groups (broad SMARTS) is 1. The van der Waals surface area contributed by atoms with Gasteiger partial charge in [-0.3, -0.25) is 0 Å². The molecule has 0 saturated carbocycles. The molecule has 1 N–H and O–H groups in total. The molecule has 0 bridgehead atoms. The summed E-state index contributed by atoms with van der Waals surface area (Å²) in [5, 5.41) is 9.43. The quantitative estimate of drug-likeness (QED) is 0.776. The van der Waals surface area contributed by atoms with Crippen LogP contribution in [-0.4, -0.2) is 64.8 Å². The first-order valence-electron chi connectivity index (χ1n) is 6.86. The van der Waals surface area contributed by atoms with Crippen LogP contribution in [-0.2, 0) is 9.53 Å². The van der Waals surface area contributed by atoms with E-state index in [0.29, 0.717) is 32.7 Å². The fraction of sp³-hybridized carbons (Fsp3) is 0.846. The lowest BCUT2D eigenvalue weighted by atomic mass is 9.89. The molecule has 0 aromatic heterocycles. The van der Waals surface area contributed by atoms with Gasteiger partial charge in [-0.15, -0.1) is 0 Å². The van der Waals surface area contributed by atoms with Crippen molar-refractivity contribution in [3.8, 4) is 0 Å². The Morgan fingerprint density at radius 3 is 2.68 bits per heavy atom. The first kappa shape index (κ1) is 14.1. The number of ether oxygens (including phenoxy) is 1. The van der Waals surface area contributed by atoms with E-state index in [-0.39, 0.29) is 12.1 Å². The van der Waals surface area contributed by atoms with Crippen LogP contribution in [0, 0.1) is 0 Å². The smallest absolute Gasteiger partial charge is 0.329 e. The molecule has 2 rings (SSSR count). The van der Waals surface area contributed by atoms with E-state index in [1.165, 1.54) is 4.90 Å². The molecule has 0 spiro atoms. The van der Waals surface area contributed by atoms with Gasteiger partial charge < -0.3 is 19.6 Å². The van der Waals surface area contributed by atoms with Crippen LogP contribution in [0.5, 0.6) is 0 Å². The summed E-state index contributed by atoms with van der Waals surface area (Å²) in [5.74, 6) is -0.915. The van der Waals surface area contributed by atoms with E-state index < -0.39 is 11.5 Å². The van der Waals surface area contributed by atoms with Gasteiger partial charge in [-0.1, -0.05) is 0 Å². The summed E-state index contributed by atoms with van der Waals surface area (Å²) in [6.45, 7) is 5.68. The molecule has 2 aliphatic rings.